The van der Waals surface area contributed by atoms with Crippen molar-refractivity contribution in [3.8, 4) is 0 Å². The van der Waals surface area contributed by atoms with Crippen molar-refractivity contribution in [3.05, 3.63) is 17.5 Å². The number of halogens is 3. The van der Waals surface area contributed by atoms with Gasteiger partial charge in [-0.25, -0.2) is 13.6 Å². The van der Waals surface area contributed by atoms with Crippen LogP contribution in [0.1, 0.15) is 22.5 Å². The van der Waals surface area contributed by atoms with E-state index < -0.39 is 23.7 Å². The Morgan fingerprint density at radius 3 is 2.54 bits per heavy atom. The molecule has 0 unspecified atom stereocenters. The maximum absolute atomic E-state index is 12.1. The van der Waals surface area contributed by atoms with Crippen molar-refractivity contribution in [3.63, 3.8) is 0 Å². The van der Waals surface area contributed by atoms with Gasteiger partial charge in [-0.05, 0) is 0 Å². The lowest BCUT2D eigenvalue weighted by atomic mass is 10.2. The number of carboxylic acid groups (broad SMARTS) is 1. The average molecular weight is 213 g/mol. The fourth-order valence-electron chi connectivity index (χ4n) is 0.832. The van der Waals surface area contributed by atoms with E-state index in [9.17, 15) is 13.6 Å². The van der Waals surface area contributed by atoms with Gasteiger partial charge >= 0.3 is 5.97 Å². The lowest BCUT2D eigenvalue weighted by molar-refractivity contribution is 0.0684. The van der Waals surface area contributed by atoms with Crippen molar-refractivity contribution in [2.24, 2.45) is 7.05 Å². The first-order valence-electron chi connectivity index (χ1n) is 3.07. The van der Waals surface area contributed by atoms with Gasteiger partial charge in [-0.15, -0.1) is 12.4 Å². The Bertz CT molecular complexity index is 314. The molecule has 1 aromatic heterocycles. The fraction of sp³-hybridized carbons (Fsp3) is 0.333. The van der Waals surface area contributed by atoms with E-state index in [1.165, 1.54) is 7.05 Å². The van der Waals surface area contributed by atoms with E-state index in [1.54, 1.807) is 0 Å². The summed E-state index contributed by atoms with van der Waals surface area (Å²) in [5.74, 6) is -1.39. The minimum atomic E-state index is -2.85. The molecule has 4 nitrogen and oxygen atoms in total. The highest BCUT2D eigenvalue weighted by atomic mass is 35.5. The van der Waals surface area contributed by atoms with E-state index in [-0.39, 0.29) is 12.4 Å². The molecule has 1 N–H and O–H groups in total. The molecule has 74 valence electrons. The Hall–Kier alpha value is -1.17. The third-order valence-corrected chi connectivity index (χ3v) is 1.29. The Kier molecular flexibility index (Phi) is 3.80. The van der Waals surface area contributed by atoms with Crippen LogP contribution in [0.15, 0.2) is 6.20 Å². The standard InChI is InChI=1S/C6H6F2N2O2.ClH/c1-10-2-3(6(11)12)4(9-10)5(7)8;/h2,5H,1H3,(H,11,12);1H. The second-order valence-electron chi connectivity index (χ2n) is 2.21. The van der Waals surface area contributed by atoms with Gasteiger partial charge in [-0.2, -0.15) is 5.10 Å². The monoisotopic (exact) mass is 212 g/mol. The molecular formula is C6H7ClF2N2O2. The number of nitrogens with zero attached hydrogens (tertiary/aromatic N) is 2. The van der Waals surface area contributed by atoms with Crippen LogP contribution in [0.5, 0.6) is 0 Å². The van der Waals surface area contributed by atoms with E-state index in [1.807, 2.05) is 0 Å². The van der Waals surface area contributed by atoms with Gasteiger partial charge in [0.15, 0.2) is 0 Å². The van der Waals surface area contributed by atoms with Crippen molar-refractivity contribution >= 4 is 18.4 Å². The molecule has 0 saturated heterocycles. The van der Waals surface area contributed by atoms with Gasteiger partial charge in [0.05, 0.1) is 0 Å². The number of hydrogen-bond acceptors (Lipinski definition) is 2. The minimum Gasteiger partial charge on any atom is -0.478 e. The van der Waals surface area contributed by atoms with Crippen molar-refractivity contribution in [1.82, 2.24) is 9.78 Å². The van der Waals surface area contributed by atoms with Crippen LogP contribution in [0.4, 0.5) is 8.78 Å². The predicted octanol–water partition coefficient (Wildman–Crippen LogP) is 1.48. The first-order valence-corrected chi connectivity index (χ1v) is 3.07. The van der Waals surface area contributed by atoms with E-state index in [4.69, 9.17) is 5.11 Å². The van der Waals surface area contributed by atoms with Gasteiger partial charge in [0.1, 0.15) is 11.3 Å². The van der Waals surface area contributed by atoms with Crippen molar-refractivity contribution in [2.45, 2.75) is 6.43 Å². The van der Waals surface area contributed by atoms with Crippen molar-refractivity contribution in [1.29, 1.82) is 0 Å². The van der Waals surface area contributed by atoms with Gasteiger partial charge in [-0.1, -0.05) is 0 Å². The molecule has 0 bridgehead atoms. The Balaban J connectivity index is 0.00000144. The topological polar surface area (TPSA) is 55.1 Å². The zero-order valence-electron chi connectivity index (χ0n) is 6.57. The molecule has 0 fully saturated rings. The molecule has 0 aliphatic rings. The summed E-state index contributed by atoms with van der Waals surface area (Å²) >= 11 is 0. The molecule has 7 heteroatoms. The highest BCUT2D eigenvalue weighted by Gasteiger charge is 2.21. The molecule has 13 heavy (non-hydrogen) atoms. The van der Waals surface area contributed by atoms with Crippen LogP contribution < -0.4 is 0 Å². The summed E-state index contributed by atoms with van der Waals surface area (Å²) in [6, 6.07) is 0. The molecule has 1 aromatic rings. The molecule has 0 spiro atoms. The van der Waals surface area contributed by atoms with Gasteiger partial charge in [0, 0.05) is 13.2 Å². The van der Waals surface area contributed by atoms with Gasteiger partial charge in [-0.3, -0.25) is 4.68 Å². The van der Waals surface area contributed by atoms with Crippen LogP contribution in [-0.2, 0) is 7.05 Å². The van der Waals surface area contributed by atoms with Crippen LogP contribution in [0.2, 0.25) is 0 Å². The summed E-state index contributed by atoms with van der Waals surface area (Å²) in [6.45, 7) is 0. The average Bonchev–Trinajstić information content (AvgIpc) is 2.31. The van der Waals surface area contributed by atoms with Crippen LogP contribution in [0.3, 0.4) is 0 Å². The Morgan fingerprint density at radius 1 is 1.69 bits per heavy atom. The molecule has 1 heterocycles. The van der Waals surface area contributed by atoms with Crippen LogP contribution in [0.25, 0.3) is 0 Å². The molecule has 0 amide bonds. The molecular weight excluding hydrogens is 206 g/mol. The van der Waals surface area contributed by atoms with Crippen LogP contribution in [-0.4, -0.2) is 20.9 Å². The Labute approximate surface area is 78.6 Å². The quantitative estimate of drug-likeness (QED) is 0.808. The number of hydrogen-bond donors (Lipinski definition) is 1. The third-order valence-electron chi connectivity index (χ3n) is 1.29. The van der Waals surface area contributed by atoms with Gasteiger partial charge in [0.2, 0.25) is 0 Å². The maximum atomic E-state index is 12.1. The molecule has 0 aliphatic carbocycles. The number of carbonyl (C=O) groups is 1. The summed E-state index contributed by atoms with van der Waals surface area (Å²) in [5, 5.41) is 11.8. The summed E-state index contributed by atoms with van der Waals surface area (Å²) in [7, 11) is 1.39. The smallest absolute Gasteiger partial charge is 0.339 e. The zero-order chi connectivity index (χ0) is 9.30. The number of aromatic carboxylic acids is 1. The fourth-order valence-corrected chi connectivity index (χ4v) is 0.832. The number of carboxylic acids is 1. The second-order valence-corrected chi connectivity index (χ2v) is 2.21. The van der Waals surface area contributed by atoms with Crippen molar-refractivity contribution in [2.75, 3.05) is 0 Å². The molecule has 0 aromatic carbocycles. The molecule has 0 radical (unpaired) electrons. The number of rotatable bonds is 2. The highest BCUT2D eigenvalue weighted by Crippen LogP contribution is 2.20. The van der Waals surface area contributed by atoms with Gasteiger partial charge in [0.25, 0.3) is 6.43 Å². The second kappa shape index (κ2) is 4.18. The number of alkyl halides is 2. The largest absolute Gasteiger partial charge is 0.478 e. The van der Waals surface area contributed by atoms with Crippen LogP contribution in [0, 0.1) is 0 Å². The third kappa shape index (κ3) is 2.38. The first-order chi connectivity index (χ1) is 5.52. The highest BCUT2D eigenvalue weighted by molar-refractivity contribution is 5.88. The Morgan fingerprint density at radius 2 is 2.23 bits per heavy atom. The van der Waals surface area contributed by atoms with Crippen LogP contribution >= 0.6 is 12.4 Å². The zero-order valence-corrected chi connectivity index (χ0v) is 7.39. The predicted molar refractivity (Wildman–Crippen MR) is 42.4 cm³/mol. The molecule has 0 atom stereocenters. The summed E-state index contributed by atoms with van der Waals surface area (Å²) in [4.78, 5) is 10.4. The molecule has 1 rings (SSSR count). The first kappa shape index (κ1) is 11.8. The van der Waals surface area contributed by atoms with E-state index in [0.717, 1.165) is 10.9 Å². The molecule has 0 aliphatic heterocycles. The number of aromatic nitrogens is 2. The summed E-state index contributed by atoms with van der Waals surface area (Å²) in [6.07, 6.45) is -1.80. The van der Waals surface area contributed by atoms with Gasteiger partial charge < -0.3 is 5.11 Å². The lowest BCUT2D eigenvalue weighted by Crippen LogP contribution is -1.99. The maximum Gasteiger partial charge on any atom is 0.339 e. The van der Waals surface area contributed by atoms with E-state index >= 15 is 0 Å². The molecule has 0 saturated carbocycles. The summed E-state index contributed by atoms with van der Waals surface area (Å²) in [5.41, 5.74) is -1.14. The normalized spacial score (nSPS) is 9.85. The minimum absolute atomic E-state index is 0. The van der Waals surface area contributed by atoms with Crippen molar-refractivity contribution < 1.29 is 18.7 Å². The summed E-state index contributed by atoms with van der Waals surface area (Å²) < 4.78 is 25.2. The number of aryl methyl sites for hydroxylation is 1. The SMILES string of the molecule is Cl.Cn1cc(C(=O)O)c(C(F)F)n1. The van der Waals surface area contributed by atoms with E-state index in [0.29, 0.717) is 0 Å². The van der Waals surface area contributed by atoms with E-state index in [2.05, 4.69) is 5.10 Å². The lowest BCUT2D eigenvalue weighted by Gasteiger charge is -1.93.